The SMILES string of the molecule is CCC(C)CNC(=O)c1cc(S(N)(=O)=O)c(Cl)cc1Cl. The lowest BCUT2D eigenvalue weighted by Crippen LogP contribution is -2.28. The summed E-state index contributed by atoms with van der Waals surface area (Å²) in [5, 5.41) is 7.68. The van der Waals surface area contributed by atoms with Gasteiger partial charge in [0.15, 0.2) is 0 Å². The molecule has 0 aromatic heterocycles. The largest absolute Gasteiger partial charge is 0.352 e. The third-order valence-corrected chi connectivity index (χ3v) is 4.57. The fraction of sp³-hybridized carbons (Fsp3) is 0.417. The van der Waals surface area contributed by atoms with Gasteiger partial charge in [0, 0.05) is 6.54 Å². The molecule has 1 unspecified atom stereocenters. The second-order valence-corrected chi connectivity index (χ2v) is 6.88. The highest BCUT2D eigenvalue weighted by Gasteiger charge is 2.19. The van der Waals surface area contributed by atoms with Crippen LogP contribution in [-0.4, -0.2) is 20.9 Å². The maximum Gasteiger partial charge on any atom is 0.252 e. The lowest BCUT2D eigenvalue weighted by atomic mass is 10.1. The van der Waals surface area contributed by atoms with Crippen LogP contribution < -0.4 is 10.5 Å². The molecule has 0 saturated carbocycles. The molecule has 0 aliphatic rings. The fourth-order valence-corrected chi connectivity index (χ4v) is 2.83. The van der Waals surface area contributed by atoms with Crippen LogP contribution in [-0.2, 0) is 10.0 Å². The topological polar surface area (TPSA) is 89.3 Å². The molecule has 1 atom stereocenters. The number of benzene rings is 1. The predicted octanol–water partition coefficient (Wildman–Crippen LogP) is 2.42. The number of carbonyl (C=O) groups is 1. The Hall–Kier alpha value is -0.820. The van der Waals surface area contributed by atoms with E-state index >= 15 is 0 Å². The van der Waals surface area contributed by atoms with E-state index < -0.39 is 15.9 Å². The molecule has 0 aliphatic heterocycles. The average molecular weight is 339 g/mol. The van der Waals surface area contributed by atoms with Crippen LogP contribution in [0.4, 0.5) is 0 Å². The Morgan fingerprint density at radius 2 is 1.95 bits per heavy atom. The molecule has 20 heavy (non-hydrogen) atoms. The minimum atomic E-state index is -4.01. The molecular weight excluding hydrogens is 323 g/mol. The molecule has 0 spiro atoms. The molecule has 0 aliphatic carbocycles. The van der Waals surface area contributed by atoms with Crippen molar-refractivity contribution in [2.75, 3.05) is 6.54 Å². The number of halogens is 2. The van der Waals surface area contributed by atoms with Gasteiger partial charge in [0.25, 0.3) is 5.91 Å². The number of nitrogens with one attached hydrogen (secondary N) is 1. The first-order chi connectivity index (χ1) is 9.16. The van der Waals surface area contributed by atoms with Gasteiger partial charge < -0.3 is 5.32 Å². The van der Waals surface area contributed by atoms with E-state index in [4.69, 9.17) is 28.3 Å². The normalized spacial score (nSPS) is 13.1. The summed E-state index contributed by atoms with van der Waals surface area (Å²) in [5.74, 6) is -0.153. The van der Waals surface area contributed by atoms with Crippen LogP contribution in [0, 0.1) is 5.92 Å². The van der Waals surface area contributed by atoms with E-state index in [1.54, 1.807) is 0 Å². The Morgan fingerprint density at radius 3 is 2.45 bits per heavy atom. The van der Waals surface area contributed by atoms with Crippen LogP contribution in [0.25, 0.3) is 0 Å². The maximum atomic E-state index is 12.0. The number of rotatable bonds is 5. The Kier molecular flexibility index (Phi) is 5.82. The van der Waals surface area contributed by atoms with E-state index in [2.05, 4.69) is 5.32 Å². The molecule has 1 amide bonds. The predicted molar refractivity (Wildman–Crippen MR) is 79.6 cm³/mol. The van der Waals surface area contributed by atoms with E-state index in [1.165, 1.54) is 6.07 Å². The van der Waals surface area contributed by atoms with Gasteiger partial charge in [-0.1, -0.05) is 43.5 Å². The molecule has 1 aromatic carbocycles. The van der Waals surface area contributed by atoms with Crippen LogP contribution in [0.2, 0.25) is 10.0 Å². The zero-order valence-electron chi connectivity index (χ0n) is 11.1. The summed E-state index contributed by atoms with van der Waals surface area (Å²) in [6, 6.07) is 2.28. The first kappa shape index (κ1) is 17.2. The van der Waals surface area contributed by atoms with E-state index in [1.807, 2.05) is 13.8 Å². The summed E-state index contributed by atoms with van der Waals surface area (Å²) in [5.41, 5.74) is 0.0309. The maximum absolute atomic E-state index is 12.0. The third-order valence-electron chi connectivity index (χ3n) is 2.88. The summed E-state index contributed by atoms with van der Waals surface area (Å²) >= 11 is 11.7. The summed E-state index contributed by atoms with van der Waals surface area (Å²) in [7, 11) is -4.01. The number of amides is 1. The van der Waals surface area contributed by atoms with Crippen LogP contribution in [0.3, 0.4) is 0 Å². The molecule has 3 N–H and O–H groups in total. The number of sulfonamides is 1. The average Bonchev–Trinajstić information content (AvgIpc) is 2.33. The number of primary sulfonamides is 1. The van der Waals surface area contributed by atoms with Crippen molar-refractivity contribution in [2.45, 2.75) is 25.2 Å². The number of nitrogens with two attached hydrogens (primary N) is 1. The fourth-order valence-electron chi connectivity index (χ4n) is 1.43. The Labute approximate surface area is 128 Å². The molecule has 8 heteroatoms. The smallest absolute Gasteiger partial charge is 0.252 e. The summed E-state index contributed by atoms with van der Waals surface area (Å²) in [6.45, 7) is 4.46. The minimum absolute atomic E-state index is 0.0309. The van der Waals surface area contributed by atoms with Crippen molar-refractivity contribution >= 4 is 39.1 Å². The lowest BCUT2D eigenvalue weighted by Gasteiger charge is -2.12. The second-order valence-electron chi connectivity index (χ2n) is 4.53. The molecule has 0 saturated heterocycles. The van der Waals surface area contributed by atoms with Gasteiger partial charge in [0.2, 0.25) is 10.0 Å². The molecule has 0 fully saturated rings. The quantitative estimate of drug-likeness (QED) is 0.863. The van der Waals surface area contributed by atoms with Crippen LogP contribution in [0.5, 0.6) is 0 Å². The third kappa shape index (κ3) is 4.34. The minimum Gasteiger partial charge on any atom is -0.352 e. The van der Waals surface area contributed by atoms with Crippen molar-refractivity contribution in [1.82, 2.24) is 5.32 Å². The van der Waals surface area contributed by atoms with Crippen LogP contribution in [0.15, 0.2) is 17.0 Å². The summed E-state index contributed by atoms with van der Waals surface area (Å²) in [4.78, 5) is 11.7. The van der Waals surface area contributed by atoms with Crippen molar-refractivity contribution in [2.24, 2.45) is 11.1 Å². The molecule has 1 aromatic rings. The molecule has 0 heterocycles. The monoisotopic (exact) mass is 338 g/mol. The molecule has 0 bridgehead atoms. The van der Waals surface area contributed by atoms with E-state index in [0.29, 0.717) is 12.5 Å². The van der Waals surface area contributed by atoms with Gasteiger partial charge in [-0.2, -0.15) is 0 Å². The number of carbonyl (C=O) groups excluding carboxylic acids is 1. The zero-order valence-corrected chi connectivity index (χ0v) is 13.4. The first-order valence-corrected chi connectivity index (χ1v) is 8.27. The molecule has 5 nitrogen and oxygen atoms in total. The van der Waals surface area contributed by atoms with Crippen molar-refractivity contribution in [3.05, 3.63) is 27.7 Å². The van der Waals surface area contributed by atoms with E-state index in [-0.39, 0.29) is 20.5 Å². The van der Waals surface area contributed by atoms with Crippen LogP contribution in [0.1, 0.15) is 30.6 Å². The van der Waals surface area contributed by atoms with E-state index in [0.717, 1.165) is 12.5 Å². The van der Waals surface area contributed by atoms with Gasteiger partial charge in [-0.05, 0) is 18.1 Å². The molecule has 112 valence electrons. The molecule has 1 rings (SSSR count). The van der Waals surface area contributed by atoms with Crippen molar-refractivity contribution in [3.8, 4) is 0 Å². The highest BCUT2D eigenvalue weighted by atomic mass is 35.5. The summed E-state index contributed by atoms with van der Waals surface area (Å²) in [6.07, 6.45) is 0.914. The Balaban J connectivity index is 3.10. The highest BCUT2D eigenvalue weighted by molar-refractivity contribution is 7.89. The number of hydrogen-bond acceptors (Lipinski definition) is 3. The van der Waals surface area contributed by atoms with Crippen molar-refractivity contribution < 1.29 is 13.2 Å². The van der Waals surface area contributed by atoms with Gasteiger partial charge in [-0.15, -0.1) is 0 Å². The Morgan fingerprint density at radius 1 is 1.35 bits per heavy atom. The van der Waals surface area contributed by atoms with Crippen molar-refractivity contribution in [3.63, 3.8) is 0 Å². The van der Waals surface area contributed by atoms with Gasteiger partial charge in [-0.25, -0.2) is 13.6 Å². The van der Waals surface area contributed by atoms with Gasteiger partial charge >= 0.3 is 0 Å². The van der Waals surface area contributed by atoms with Gasteiger partial charge in [0.1, 0.15) is 4.90 Å². The van der Waals surface area contributed by atoms with Crippen molar-refractivity contribution in [1.29, 1.82) is 0 Å². The molecular formula is C12H16Cl2N2O3S. The lowest BCUT2D eigenvalue weighted by molar-refractivity contribution is 0.0948. The zero-order chi connectivity index (χ0) is 15.5. The van der Waals surface area contributed by atoms with E-state index in [9.17, 15) is 13.2 Å². The second kappa shape index (κ2) is 6.76. The first-order valence-electron chi connectivity index (χ1n) is 5.96. The van der Waals surface area contributed by atoms with Gasteiger partial charge in [-0.3, -0.25) is 4.79 Å². The standard InChI is InChI=1S/C12H16Cl2N2O3S/c1-3-7(2)6-16-12(17)8-4-11(20(15,18)19)10(14)5-9(8)13/h4-5,7H,3,6H2,1-2H3,(H,16,17)(H2,15,18,19). The van der Waals surface area contributed by atoms with Crippen LogP contribution >= 0.6 is 23.2 Å². The summed E-state index contributed by atoms with van der Waals surface area (Å²) < 4.78 is 22.7. The highest BCUT2D eigenvalue weighted by Crippen LogP contribution is 2.28. The number of hydrogen-bond donors (Lipinski definition) is 2. The van der Waals surface area contributed by atoms with Gasteiger partial charge in [0.05, 0.1) is 15.6 Å². The Bertz CT molecular complexity index is 617. The molecule has 0 radical (unpaired) electrons.